The summed E-state index contributed by atoms with van der Waals surface area (Å²) in [6, 6.07) is 17.5. The molecule has 3 heterocycles. The number of carbonyl (C=O) groups excluding carboxylic acids is 1. The topological polar surface area (TPSA) is 85.6 Å². The predicted molar refractivity (Wildman–Crippen MR) is 158 cm³/mol. The Morgan fingerprint density at radius 2 is 1.74 bits per heavy atom. The van der Waals surface area contributed by atoms with Crippen molar-refractivity contribution in [1.29, 1.82) is 0 Å². The van der Waals surface area contributed by atoms with Crippen LogP contribution in [0.25, 0.3) is 11.0 Å². The number of carbonyl (C=O) groups is 1. The molecule has 1 amide bonds. The van der Waals surface area contributed by atoms with E-state index in [1.807, 2.05) is 73.1 Å². The number of amides is 1. The Labute approximate surface area is 229 Å². The first-order valence-electron chi connectivity index (χ1n) is 12.8. The smallest absolute Gasteiger partial charge is 0.274 e. The molecule has 5 rings (SSSR count). The van der Waals surface area contributed by atoms with Crippen molar-refractivity contribution in [2.75, 3.05) is 5.32 Å². The van der Waals surface area contributed by atoms with Gasteiger partial charge in [-0.1, -0.05) is 48.9 Å². The normalized spacial score (nSPS) is 11.2. The van der Waals surface area contributed by atoms with Crippen LogP contribution in [0.3, 0.4) is 0 Å². The van der Waals surface area contributed by atoms with Crippen molar-refractivity contribution in [3.63, 3.8) is 0 Å². The number of imidazole rings is 1. The van der Waals surface area contributed by atoms with Crippen LogP contribution < -0.4 is 10.5 Å². The average Bonchev–Trinajstić information content (AvgIpc) is 3.32. The third-order valence-electron chi connectivity index (χ3n) is 6.35. The lowest BCUT2D eigenvalue weighted by molar-refractivity contribution is 0.102. The minimum atomic E-state index is -1.70. The van der Waals surface area contributed by atoms with Gasteiger partial charge in [0.25, 0.3) is 5.91 Å². The highest BCUT2D eigenvalue weighted by Gasteiger charge is 2.21. The van der Waals surface area contributed by atoms with Gasteiger partial charge in [-0.05, 0) is 61.7 Å². The largest absolute Gasteiger partial charge is 0.331 e. The zero-order valence-electron chi connectivity index (χ0n) is 22.8. The van der Waals surface area contributed by atoms with Crippen LogP contribution in [0, 0.1) is 25.7 Å². The van der Waals surface area contributed by atoms with Gasteiger partial charge in [-0.15, -0.1) is 0 Å². The van der Waals surface area contributed by atoms with E-state index in [0.717, 1.165) is 33.5 Å². The molecule has 5 aromatic rings. The fourth-order valence-electron chi connectivity index (χ4n) is 4.14. The third kappa shape index (κ3) is 6.28. The zero-order valence-corrected chi connectivity index (χ0v) is 23.8. The van der Waals surface area contributed by atoms with Crippen LogP contribution in [0.4, 0.5) is 5.69 Å². The van der Waals surface area contributed by atoms with Gasteiger partial charge in [-0.3, -0.25) is 9.78 Å². The SMILES string of the molecule is Cc1cn(Cc2cc([Si](C)(C)C)cc(C(=O)Nc3ccc(C)c(C#Cc4cnc5ccccc5n4)c3)n2)cn1. The first-order valence-corrected chi connectivity index (χ1v) is 16.3. The van der Waals surface area contributed by atoms with Crippen LogP contribution >= 0.6 is 0 Å². The Balaban J connectivity index is 1.40. The second-order valence-electron chi connectivity index (χ2n) is 10.6. The Kier molecular flexibility index (Phi) is 7.09. The number of nitrogens with one attached hydrogen (secondary N) is 1. The van der Waals surface area contributed by atoms with Crippen molar-refractivity contribution in [2.45, 2.75) is 40.0 Å². The Hall–Kier alpha value is -4.61. The molecule has 0 atom stereocenters. The number of nitrogens with zero attached hydrogens (tertiary/aromatic N) is 5. The molecule has 194 valence electrons. The second-order valence-corrected chi connectivity index (χ2v) is 15.7. The van der Waals surface area contributed by atoms with E-state index >= 15 is 0 Å². The molecule has 2 aromatic carbocycles. The first-order chi connectivity index (χ1) is 18.6. The molecule has 0 bridgehead atoms. The van der Waals surface area contributed by atoms with E-state index in [-0.39, 0.29) is 5.91 Å². The summed E-state index contributed by atoms with van der Waals surface area (Å²) in [6.07, 6.45) is 5.44. The molecule has 7 nitrogen and oxygen atoms in total. The van der Waals surface area contributed by atoms with Crippen molar-refractivity contribution < 1.29 is 4.79 Å². The second kappa shape index (κ2) is 10.6. The first kappa shape index (κ1) is 26.0. The number of pyridine rings is 1. The van der Waals surface area contributed by atoms with Gasteiger partial charge in [0.1, 0.15) is 11.4 Å². The Bertz CT molecular complexity index is 1760. The molecule has 0 aliphatic heterocycles. The highest BCUT2D eigenvalue weighted by molar-refractivity contribution is 6.88. The number of fused-ring (bicyclic) bond motifs is 1. The molecular formula is C31H30N6OSi. The molecule has 0 unspecified atom stereocenters. The minimum Gasteiger partial charge on any atom is -0.331 e. The lowest BCUT2D eigenvalue weighted by Gasteiger charge is -2.19. The van der Waals surface area contributed by atoms with Gasteiger partial charge in [-0.2, -0.15) is 0 Å². The fraction of sp³-hybridized carbons (Fsp3) is 0.194. The van der Waals surface area contributed by atoms with Gasteiger partial charge >= 0.3 is 0 Å². The summed E-state index contributed by atoms with van der Waals surface area (Å²) >= 11 is 0. The number of aryl methyl sites for hydroxylation is 2. The van der Waals surface area contributed by atoms with Crippen LogP contribution in [-0.4, -0.2) is 38.5 Å². The van der Waals surface area contributed by atoms with Crippen LogP contribution in [0.2, 0.25) is 19.6 Å². The van der Waals surface area contributed by atoms with E-state index in [4.69, 9.17) is 4.98 Å². The Morgan fingerprint density at radius 1 is 0.949 bits per heavy atom. The predicted octanol–water partition coefficient (Wildman–Crippen LogP) is 5.08. The summed E-state index contributed by atoms with van der Waals surface area (Å²) in [5.41, 5.74) is 6.89. The summed E-state index contributed by atoms with van der Waals surface area (Å²) in [5.74, 6) is 6.05. The molecule has 0 aliphatic rings. The number of para-hydroxylation sites is 2. The van der Waals surface area contributed by atoms with Crippen molar-refractivity contribution in [3.05, 3.63) is 107 Å². The highest BCUT2D eigenvalue weighted by Crippen LogP contribution is 2.17. The van der Waals surface area contributed by atoms with E-state index in [2.05, 4.69) is 57.8 Å². The number of rotatable bonds is 5. The molecule has 0 radical (unpaired) electrons. The van der Waals surface area contributed by atoms with Crippen molar-refractivity contribution in [2.24, 2.45) is 0 Å². The highest BCUT2D eigenvalue weighted by atomic mass is 28.3. The summed E-state index contributed by atoms with van der Waals surface area (Å²) < 4.78 is 1.98. The molecule has 0 aliphatic carbocycles. The van der Waals surface area contributed by atoms with Crippen molar-refractivity contribution >= 4 is 35.9 Å². The fourth-order valence-corrected chi connectivity index (χ4v) is 5.31. The summed E-state index contributed by atoms with van der Waals surface area (Å²) in [7, 11) is -1.70. The van der Waals surface area contributed by atoms with Crippen LogP contribution in [0.15, 0.2) is 73.3 Å². The summed E-state index contributed by atoms with van der Waals surface area (Å²) in [6.45, 7) is 11.3. The molecule has 39 heavy (non-hydrogen) atoms. The maximum Gasteiger partial charge on any atom is 0.274 e. The summed E-state index contributed by atoms with van der Waals surface area (Å²) in [5, 5.41) is 4.20. The minimum absolute atomic E-state index is 0.249. The molecule has 8 heteroatoms. The maximum atomic E-state index is 13.4. The standard InChI is InChI=1S/C31H30N6OSi/c1-21-10-12-24(14-23(21)11-13-25-17-32-28-8-6-7-9-29(28)34-25)36-31(38)30-16-27(39(3,4)5)15-26(35-30)19-37-18-22(2)33-20-37/h6-10,12,14-18,20H,19H2,1-5H3,(H,36,38). The lowest BCUT2D eigenvalue weighted by Crippen LogP contribution is -2.39. The summed E-state index contributed by atoms with van der Waals surface area (Å²) in [4.78, 5) is 31.4. The Morgan fingerprint density at radius 3 is 2.49 bits per heavy atom. The van der Waals surface area contributed by atoms with E-state index in [1.165, 1.54) is 5.19 Å². The molecular weight excluding hydrogens is 500 g/mol. The molecule has 1 N–H and O–H groups in total. The lowest BCUT2D eigenvalue weighted by atomic mass is 10.1. The monoisotopic (exact) mass is 530 g/mol. The third-order valence-corrected chi connectivity index (χ3v) is 8.37. The molecule has 0 saturated heterocycles. The molecule has 0 spiro atoms. The van der Waals surface area contributed by atoms with Crippen LogP contribution in [-0.2, 0) is 6.54 Å². The van der Waals surface area contributed by atoms with Crippen LogP contribution in [0.5, 0.6) is 0 Å². The van der Waals surface area contributed by atoms with E-state index in [0.29, 0.717) is 23.6 Å². The van der Waals surface area contributed by atoms with Crippen LogP contribution in [0.1, 0.15) is 38.7 Å². The molecule has 3 aromatic heterocycles. The quantitative estimate of drug-likeness (QED) is 0.253. The average molecular weight is 531 g/mol. The number of benzene rings is 2. The number of anilines is 1. The van der Waals surface area contributed by atoms with Gasteiger partial charge in [-0.25, -0.2) is 15.0 Å². The van der Waals surface area contributed by atoms with Gasteiger partial charge in [0.05, 0.1) is 49.6 Å². The number of hydrogen-bond donors (Lipinski definition) is 1. The van der Waals surface area contributed by atoms with E-state index < -0.39 is 8.07 Å². The van der Waals surface area contributed by atoms with Crippen molar-refractivity contribution in [3.8, 4) is 11.8 Å². The zero-order chi connectivity index (χ0) is 27.6. The number of aromatic nitrogens is 5. The van der Waals surface area contributed by atoms with Crippen molar-refractivity contribution in [1.82, 2.24) is 24.5 Å². The molecule has 0 fully saturated rings. The van der Waals surface area contributed by atoms with Gasteiger partial charge in [0.15, 0.2) is 0 Å². The number of hydrogen-bond acceptors (Lipinski definition) is 5. The van der Waals surface area contributed by atoms with Gasteiger partial charge in [0.2, 0.25) is 0 Å². The molecule has 0 saturated carbocycles. The van der Waals surface area contributed by atoms with Gasteiger partial charge in [0, 0.05) is 17.4 Å². The van der Waals surface area contributed by atoms with Gasteiger partial charge < -0.3 is 9.88 Å². The maximum absolute atomic E-state index is 13.4. The van der Waals surface area contributed by atoms with E-state index in [9.17, 15) is 4.79 Å². The van der Waals surface area contributed by atoms with E-state index in [1.54, 1.807) is 12.5 Å².